The predicted octanol–water partition coefficient (Wildman–Crippen LogP) is 3.90. The average Bonchev–Trinajstić information content (AvgIpc) is 2.71. The summed E-state index contributed by atoms with van der Waals surface area (Å²) in [6, 6.07) is 10.1. The molecule has 0 unspecified atom stereocenters. The van der Waals surface area contributed by atoms with Gasteiger partial charge in [0.05, 0.1) is 20.7 Å². The molecule has 0 radical (unpaired) electrons. The van der Waals surface area contributed by atoms with Crippen LogP contribution in [0, 0.1) is 5.82 Å². The lowest BCUT2D eigenvalue weighted by Gasteiger charge is -2.34. The molecule has 0 aliphatic carbocycles. The maximum atomic E-state index is 13.0. The Morgan fingerprint density at radius 2 is 1.66 bits per heavy atom. The minimum atomic E-state index is -3.69. The Labute approximate surface area is 183 Å². The van der Waals surface area contributed by atoms with Crippen LogP contribution in [0.15, 0.2) is 47.4 Å². The predicted molar refractivity (Wildman–Crippen MR) is 114 cm³/mol. The minimum Gasteiger partial charge on any atom is -0.339 e. The topological polar surface area (TPSA) is 57.7 Å². The fraction of sp³-hybridized carbons (Fsp3) is 0.316. The molecule has 0 N–H and O–H groups in total. The van der Waals surface area contributed by atoms with Gasteiger partial charge in [0.1, 0.15) is 5.82 Å². The van der Waals surface area contributed by atoms with Gasteiger partial charge in [0.15, 0.2) is 0 Å². The summed E-state index contributed by atoms with van der Waals surface area (Å²) in [6.45, 7) is 1.07. The van der Waals surface area contributed by atoms with Crippen LogP contribution in [0.3, 0.4) is 0 Å². The summed E-state index contributed by atoms with van der Waals surface area (Å²) in [4.78, 5) is 14.1. The van der Waals surface area contributed by atoms with Crippen LogP contribution >= 0.6 is 35.0 Å². The maximum absolute atomic E-state index is 13.0. The second-order valence-corrected chi connectivity index (χ2v) is 10.2. The van der Waals surface area contributed by atoms with Gasteiger partial charge in [0.25, 0.3) is 0 Å². The van der Waals surface area contributed by atoms with Crippen molar-refractivity contribution in [2.24, 2.45) is 0 Å². The Balaban J connectivity index is 1.49. The van der Waals surface area contributed by atoms with E-state index in [2.05, 4.69) is 0 Å². The van der Waals surface area contributed by atoms with Crippen molar-refractivity contribution in [3.63, 3.8) is 0 Å². The molecule has 5 nitrogen and oxygen atoms in total. The molecule has 1 aliphatic heterocycles. The molecule has 1 aliphatic rings. The number of halogens is 3. The summed E-state index contributed by atoms with van der Waals surface area (Å²) < 4.78 is 39.6. The molecule has 0 aromatic heterocycles. The number of carbonyl (C=O) groups excluding carboxylic acids is 1. The lowest BCUT2D eigenvalue weighted by molar-refractivity contribution is -0.129. The highest BCUT2D eigenvalue weighted by molar-refractivity contribution is 7.99. The molecule has 1 heterocycles. The molecular weight excluding hydrogens is 458 g/mol. The van der Waals surface area contributed by atoms with Gasteiger partial charge in [-0.1, -0.05) is 29.3 Å². The highest BCUT2D eigenvalue weighted by Gasteiger charge is 2.30. The number of piperazine rings is 1. The van der Waals surface area contributed by atoms with Gasteiger partial charge in [-0.15, -0.1) is 11.8 Å². The number of thioether (sulfide) groups is 1. The third-order valence-corrected chi connectivity index (χ3v) is 8.16. The van der Waals surface area contributed by atoms with Crippen molar-refractivity contribution in [2.45, 2.75) is 10.6 Å². The highest BCUT2D eigenvalue weighted by Crippen LogP contribution is 2.25. The Morgan fingerprint density at radius 3 is 2.28 bits per heavy atom. The van der Waals surface area contributed by atoms with E-state index in [9.17, 15) is 17.6 Å². The molecule has 10 heteroatoms. The van der Waals surface area contributed by atoms with Gasteiger partial charge in [-0.3, -0.25) is 4.79 Å². The average molecular weight is 477 g/mol. The zero-order valence-corrected chi connectivity index (χ0v) is 18.5. The van der Waals surface area contributed by atoms with Crippen molar-refractivity contribution in [3.05, 3.63) is 63.9 Å². The number of hydrogen-bond acceptors (Lipinski definition) is 4. The minimum absolute atomic E-state index is 0.0334. The molecule has 156 valence electrons. The fourth-order valence-corrected chi connectivity index (χ4v) is 5.53. The molecule has 2 aromatic carbocycles. The van der Waals surface area contributed by atoms with E-state index in [1.165, 1.54) is 28.2 Å². The Morgan fingerprint density at radius 1 is 1.00 bits per heavy atom. The monoisotopic (exact) mass is 476 g/mol. The Kier molecular flexibility index (Phi) is 7.45. The number of sulfonamides is 1. The van der Waals surface area contributed by atoms with E-state index < -0.39 is 15.8 Å². The summed E-state index contributed by atoms with van der Waals surface area (Å²) in [7, 11) is -3.69. The third kappa shape index (κ3) is 5.64. The zero-order valence-electron chi connectivity index (χ0n) is 15.4. The van der Waals surface area contributed by atoms with Crippen LogP contribution in [0.5, 0.6) is 0 Å². The summed E-state index contributed by atoms with van der Waals surface area (Å²) in [5, 5.41) is 0.972. The van der Waals surface area contributed by atoms with Gasteiger partial charge in [-0.05, 0) is 42.0 Å². The van der Waals surface area contributed by atoms with Crippen LogP contribution < -0.4 is 0 Å². The van der Waals surface area contributed by atoms with Gasteiger partial charge < -0.3 is 4.90 Å². The van der Waals surface area contributed by atoms with E-state index in [4.69, 9.17) is 23.2 Å². The third-order valence-electron chi connectivity index (χ3n) is 4.52. The quantitative estimate of drug-likeness (QED) is 0.634. The summed E-state index contributed by atoms with van der Waals surface area (Å²) in [6.07, 6.45) is 0. The SMILES string of the molecule is O=C(CSCc1ccc(Cl)c(Cl)c1)N1CCN(S(=O)(=O)c2ccc(F)cc2)CC1. The lowest BCUT2D eigenvalue weighted by atomic mass is 10.2. The molecule has 0 saturated carbocycles. The molecule has 0 bridgehead atoms. The van der Waals surface area contributed by atoms with Crippen LogP contribution in [-0.4, -0.2) is 55.5 Å². The number of nitrogens with zero attached hydrogens (tertiary/aromatic N) is 2. The summed E-state index contributed by atoms with van der Waals surface area (Å²) in [5.41, 5.74) is 0.979. The standard InChI is InChI=1S/C19H19Cl2FN2O3S2/c20-17-6-1-14(11-18(17)21)12-28-13-19(25)23-7-9-24(10-8-23)29(26,27)16-4-2-15(22)3-5-16/h1-6,11H,7-10,12-13H2. The summed E-state index contributed by atoms with van der Waals surface area (Å²) in [5.74, 6) is 0.401. The first-order valence-corrected chi connectivity index (χ1v) is 12.2. The van der Waals surface area contributed by atoms with Crippen LogP contribution in [0.25, 0.3) is 0 Å². The first-order chi connectivity index (χ1) is 13.8. The van der Waals surface area contributed by atoms with E-state index in [1.54, 1.807) is 17.0 Å². The van der Waals surface area contributed by atoms with Crippen LogP contribution in [0.4, 0.5) is 4.39 Å². The highest BCUT2D eigenvalue weighted by atomic mass is 35.5. The normalized spacial score (nSPS) is 15.5. The molecule has 1 saturated heterocycles. The molecule has 0 spiro atoms. The van der Waals surface area contributed by atoms with Crippen molar-refractivity contribution < 1.29 is 17.6 Å². The lowest BCUT2D eigenvalue weighted by Crippen LogP contribution is -2.50. The molecule has 2 aromatic rings. The van der Waals surface area contributed by atoms with Gasteiger partial charge in [0, 0.05) is 31.9 Å². The van der Waals surface area contributed by atoms with E-state index in [1.807, 2.05) is 6.07 Å². The van der Waals surface area contributed by atoms with Gasteiger partial charge in [-0.25, -0.2) is 12.8 Å². The fourth-order valence-electron chi connectivity index (χ4n) is 2.91. The van der Waals surface area contributed by atoms with E-state index in [0.717, 1.165) is 17.7 Å². The van der Waals surface area contributed by atoms with Gasteiger partial charge >= 0.3 is 0 Å². The smallest absolute Gasteiger partial charge is 0.243 e. The number of rotatable bonds is 6. The molecule has 29 heavy (non-hydrogen) atoms. The van der Waals surface area contributed by atoms with Gasteiger partial charge in [0.2, 0.25) is 15.9 Å². The number of carbonyl (C=O) groups is 1. The second kappa shape index (κ2) is 9.66. The maximum Gasteiger partial charge on any atom is 0.243 e. The van der Waals surface area contributed by atoms with Crippen molar-refractivity contribution in [1.82, 2.24) is 9.21 Å². The molecular formula is C19H19Cl2FN2O3S2. The van der Waals surface area contributed by atoms with Crippen LogP contribution in [-0.2, 0) is 20.6 Å². The first kappa shape index (κ1) is 22.4. The first-order valence-electron chi connectivity index (χ1n) is 8.82. The van der Waals surface area contributed by atoms with Crippen molar-refractivity contribution in [2.75, 3.05) is 31.9 Å². The van der Waals surface area contributed by atoms with E-state index in [0.29, 0.717) is 34.6 Å². The Bertz CT molecular complexity index is 979. The molecule has 1 fully saturated rings. The van der Waals surface area contributed by atoms with Crippen molar-refractivity contribution >= 4 is 50.9 Å². The van der Waals surface area contributed by atoms with Crippen molar-refractivity contribution in [3.8, 4) is 0 Å². The largest absolute Gasteiger partial charge is 0.339 e. The number of hydrogen-bond donors (Lipinski definition) is 0. The molecule has 1 amide bonds. The Hall–Kier alpha value is -1.32. The summed E-state index contributed by atoms with van der Waals surface area (Å²) >= 11 is 13.4. The van der Waals surface area contributed by atoms with Crippen molar-refractivity contribution in [1.29, 1.82) is 0 Å². The van der Waals surface area contributed by atoms with Gasteiger partial charge in [-0.2, -0.15) is 4.31 Å². The van der Waals surface area contributed by atoms with E-state index in [-0.39, 0.29) is 23.9 Å². The number of amides is 1. The molecule has 3 rings (SSSR count). The molecule has 0 atom stereocenters. The van der Waals surface area contributed by atoms with E-state index >= 15 is 0 Å². The van der Waals surface area contributed by atoms with Crippen LogP contribution in [0.1, 0.15) is 5.56 Å². The zero-order chi connectivity index (χ0) is 21.0. The number of benzene rings is 2. The van der Waals surface area contributed by atoms with Crippen LogP contribution in [0.2, 0.25) is 10.0 Å². The second-order valence-electron chi connectivity index (χ2n) is 6.48.